The van der Waals surface area contributed by atoms with Crippen LogP contribution in [-0.4, -0.2) is 104 Å². The number of nitrogens with zero attached hydrogens (tertiary/aromatic N) is 3. The number of Topliss-reactive ketones (excluding diaryl/α,β-unsaturated/α-hetero) is 1. The van der Waals surface area contributed by atoms with Gasteiger partial charge in [0.2, 0.25) is 5.91 Å². The summed E-state index contributed by atoms with van der Waals surface area (Å²) in [5.74, 6) is -0.740. The summed E-state index contributed by atoms with van der Waals surface area (Å²) in [5.41, 5.74) is 5.04. The van der Waals surface area contributed by atoms with Crippen LogP contribution >= 0.6 is 0 Å². The Labute approximate surface area is 320 Å². The van der Waals surface area contributed by atoms with Gasteiger partial charge in [-0.2, -0.15) is 5.10 Å². The molecule has 3 rings (SSSR count). The minimum absolute atomic E-state index is 0.0204. The van der Waals surface area contributed by atoms with Crippen LogP contribution in [-0.2, 0) is 39.8 Å². The number of nitrogens with one attached hydrogen (secondary N) is 1. The van der Waals surface area contributed by atoms with Gasteiger partial charge in [0.25, 0.3) is 0 Å². The number of ether oxygens (including phenoxy) is 5. The van der Waals surface area contributed by atoms with Crippen molar-refractivity contribution in [3.63, 3.8) is 0 Å². The van der Waals surface area contributed by atoms with Crippen LogP contribution in [0.2, 0.25) is 0 Å². The average Bonchev–Trinajstić information content (AvgIpc) is 3.42. The lowest BCUT2D eigenvalue weighted by molar-refractivity contribution is -0.137. The van der Waals surface area contributed by atoms with E-state index < -0.39 is 11.9 Å². The van der Waals surface area contributed by atoms with Gasteiger partial charge >= 0.3 is 5.97 Å². The first-order chi connectivity index (χ1) is 26.0. The van der Waals surface area contributed by atoms with Gasteiger partial charge in [-0.3, -0.25) is 19.4 Å². The summed E-state index contributed by atoms with van der Waals surface area (Å²) < 4.78 is 30.0. The van der Waals surface area contributed by atoms with Crippen LogP contribution in [0, 0.1) is 26.7 Å². The predicted octanol–water partition coefficient (Wildman–Crippen LogP) is 5.73. The molecule has 298 valence electrons. The van der Waals surface area contributed by atoms with Gasteiger partial charge in [-0.15, -0.1) is 0 Å². The first-order valence-corrected chi connectivity index (χ1v) is 19.1. The number of carbonyl (C=O) groups is 3. The second-order valence-corrected chi connectivity index (χ2v) is 13.8. The van der Waals surface area contributed by atoms with Crippen molar-refractivity contribution < 1.29 is 43.2 Å². The number of ketones is 1. The molecule has 1 amide bonds. The lowest BCUT2D eigenvalue weighted by Crippen LogP contribution is -2.30. The van der Waals surface area contributed by atoms with Crippen molar-refractivity contribution in [3.05, 3.63) is 70.8 Å². The molecule has 2 N–H and O–H groups in total. The van der Waals surface area contributed by atoms with Crippen molar-refractivity contribution in [2.45, 2.75) is 85.5 Å². The van der Waals surface area contributed by atoms with Crippen molar-refractivity contribution >= 4 is 17.7 Å². The number of aryl methyl sites for hydroxylation is 3. The fourth-order valence-corrected chi connectivity index (χ4v) is 5.76. The highest BCUT2D eigenvalue weighted by molar-refractivity contribution is 5.87. The summed E-state index contributed by atoms with van der Waals surface area (Å²) in [6.45, 7) is 14.5. The first-order valence-electron chi connectivity index (χ1n) is 19.1. The molecule has 0 saturated heterocycles. The van der Waals surface area contributed by atoms with Gasteiger partial charge in [0.1, 0.15) is 12.3 Å². The minimum Gasteiger partial charge on any atom is -0.487 e. The Kier molecular flexibility index (Phi) is 20.5. The van der Waals surface area contributed by atoms with Gasteiger partial charge in [-0.25, -0.2) is 4.68 Å². The maximum absolute atomic E-state index is 12.9. The number of carboxylic acids is 1. The molecule has 0 spiro atoms. The molecule has 0 aliphatic rings. The van der Waals surface area contributed by atoms with Gasteiger partial charge in [0, 0.05) is 37.3 Å². The highest BCUT2D eigenvalue weighted by atomic mass is 16.6. The van der Waals surface area contributed by atoms with Crippen molar-refractivity contribution in [1.29, 1.82) is 0 Å². The summed E-state index contributed by atoms with van der Waals surface area (Å²) in [6, 6.07) is 11.3. The fourth-order valence-electron chi connectivity index (χ4n) is 5.76. The quantitative estimate of drug-likeness (QED) is 0.0834. The van der Waals surface area contributed by atoms with Crippen molar-refractivity contribution in [2.75, 3.05) is 66.0 Å². The van der Waals surface area contributed by atoms with Gasteiger partial charge in [-0.05, 0) is 87.8 Å². The molecule has 0 fully saturated rings. The van der Waals surface area contributed by atoms with Crippen LogP contribution < -0.4 is 10.1 Å². The van der Waals surface area contributed by atoms with Crippen molar-refractivity contribution in [3.8, 4) is 11.4 Å². The molecule has 0 saturated carbocycles. The number of rotatable bonds is 29. The molecule has 0 unspecified atom stereocenters. The molecule has 1 aromatic carbocycles. The highest BCUT2D eigenvalue weighted by Gasteiger charge is 2.22. The number of hydrogen-bond acceptors (Lipinski definition) is 10. The van der Waals surface area contributed by atoms with E-state index in [0.29, 0.717) is 88.6 Å². The number of pyridine rings is 1. The summed E-state index contributed by atoms with van der Waals surface area (Å²) in [7, 11) is 0. The monoisotopic (exact) mass is 752 g/mol. The topological polar surface area (TPSA) is 160 Å². The Balaban J connectivity index is 1.40. The molecule has 1 atom stereocenters. The molecule has 0 bridgehead atoms. The molecule has 54 heavy (non-hydrogen) atoms. The third-order valence-corrected chi connectivity index (χ3v) is 8.68. The number of aliphatic carboxylic acids is 1. The Hall–Kier alpha value is -4.17. The summed E-state index contributed by atoms with van der Waals surface area (Å²) >= 11 is 0. The van der Waals surface area contributed by atoms with Gasteiger partial charge in [0.05, 0.1) is 70.6 Å². The number of aromatic nitrogens is 3. The minimum atomic E-state index is -1.01. The number of carboxylic acid groups (broad SMARTS) is 1. The third kappa shape index (κ3) is 17.3. The zero-order valence-corrected chi connectivity index (χ0v) is 32.8. The first kappa shape index (κ1) is 44.2. The molecular weight excluding hydrogens is 692 g/mol. The predicted molar refractivity (Wildman–Crippen MR) is 205 cm³/mol. The molecular formula is C41H60N4O9. The SMILES string of the molecule is Cc1ccnc(CCCCC(=O)NCC(=O)C[C@@H](CC(=O)O)c2cccc(-n3nc(C)c(OCCOCCOCCOCCOCCC(C)C)c3C)c2)c1. The second-order valence-electron chi connectivity index (χ2n) is 13.8. The number of hydrogen-bond donors (Lipinski definition) is 2. The van der Waals surface area contributed by atoms with E-state index in [1.54, 1.807) is 10.9 Å². The number of carbonyl (C=O) groups excluding carboxylic acids is 2. The smallest absolute Gasteiger partial charge is 0.303 e. The normalized spacial score (nSPS) is 11.9. The number of amides is 1. The maximum atomic E-state index is 12.9. The maximum Gasteiger partial charge on any atom is 0.303 e. The molecule has 2 aromatic heterocycles. The van der Waals surface area contributed by atoms with Gasteiger partial charge in [0.15, 0.2) is 11.5 Å². The standard InChI is InChI=1S/C41H60N4O9/c1-30(2)14-16-50-17-18-51-19-20-52-21-22-53-23-24-54-41-32(4)44-45(33(41)5)37-11-8-9-34(26-37)35(28-40(48)49)27-38(46)29-43-39(47)12-7-6-10-36-25-31(3)13-15-42-36/h8-9,11,13,15,25-26,30,35H,6-7,10,12,14,16-24,27-29H2,1-5H3,(H,43,47)(H,48,49)/t35-/m0/s1. The van der Waals surface area contributed by atoms with E-state index >= 15 is 0 Å². The Bertz CT molecular complexity index is 1580. The van der Waals surface area contributed by atoms with Crippen LogP contribution in [0.15, 0.2) is 42.6 Å². The van der Waals surface area contributed by atoms with Crippen molar-refractivity contribution in [1.82, 2.24) is 20.1 Å². The fraction of sp³-hybridized carbons (Fsp3) is 0.585. The largest absolute Gasteiger partial charge is 0.487 e. The molecule has 0 radical (unpaired) electrons. The number of unbranched alkanes of at least 4 members (excludes halogenated alkanes) is 1. The highest BCUT2D eigenvalue weighted by Crippen LogP contribution is 2.29. The van der Waals surface area contributed by atoms with E-state index in [1.807, 2.05) is 57.2 Å². The molecule has 2 heterocycles. The Morgan fingerprint density at radius 2 is 1.50 bits per heavy atom. The van der Waals surface area contributed by atoms with E-state index in [1.165, 1.54) is 0 Å². The van der Waals surface area contributed by atoms with Crippen LogP contribution in [0.3, 0.4) is 0 Å². The Morgan fingerprint density at radius 3 is 2.15 bits per heavy atom. The van der Waals surface area contributed by atoms with Crippen LogP contribution in [0.5, 0.6) is 5.75 Å². The van der Waals surface area contributed by atoms with E-state index in [9.17, 15) is 19.5 Å². The summed E-state index contributed by atoms with van der Waals surface area (Å²) in [4.78, 5) is 41.5. The van der Waals surface area contributed by atoms with E-state index in [0.717, 1.165) is 48.5 Å². The lowest BCUT2D eigenvalue weighted by atomic mass is 9.90. The third-order valence-electron chi connectivity index (χ3n) is 8.68. The molecule has 13 heteroatoms. The van der Waals surface area contributed by atoms with E-state index in [-0.39, 0.29) is 31.1 Å². The van der Waals surface area contributed by atoms with Crippen LogP contribution in [0.4, 0.5) is 0 Å². The molecule has 13 nitrogen and oxygen atoms in total. The molecule has 3 aromatic rings. The second kappa shape index (κ2) is 25.0. The molecule has 0 aliphatic heterocycles. The van der Waals surface area contributed by atoms with Gasteiger partial charge < -0.3 is 34.1 Å². The summed E-state index contributed by atoms with van der Waals surface area (Å²) in [5, 5.41) is 17.0. The zero-order chi connectivity index (χ0) is 39.1. The number of benzene rings is 1. The van der Waals surface area contributed by atoms with Crippen LogP contribution in [0.1, 0.15) is 86.5 Å². The summed E-state index contributed by atoms with van der Waals surface area (Å²) in [6.07, 6.45) is 5.18. The van der Waals surface area contributed by atoms with Gasteiger partial charge in [-0.1, -0.05) is 26.0 Å². The lowest BCUT2D eigenvalue weighted by Gasteiger charge is -2.16. The van der Waals surface area contributed by atoms with E-state index in [4.69, 9.17) is 23.7 Å². The molecule has 0 aliphatic carbocycles. The average molecular weight is 753 g/mol. The Morgan fingerprint density at radius 1 is 0.833 bits per heavy atom. The zero-order valence-electron chi connectivity index (χ0n) is 32.8. The van der Waals surface area contributed by atoms with E-state index in [2.05, 4.69) is 29.2 Å². The van der Waals surface area contributed by atoms with Crippen LogP contribution in [0.25, 0.3) is 5.69 Å². The van der Waals surface area contributed by atoms with Crippen molar-refractivity contribution in [2.24, 2.45) is 5.92 Å².